The van der Waals surface area contributed by atoms with E-state index in [2.05, 4.69) is 16.0 Å². The van der Waals surface area contributed by atoms with Crippen molar-refractivity contribution in [3.05, 3.63) is 10.1 Å². The van der Waals surface area contributed by atoms with Gasteiger partial charge in [0.05, 0.1) is 39.6 Å². The van der Waals surface area contributed by atoms with Crippen LogP contribution in [-0.2, 0) is 42.8 Å². The highest BCUT2D eigenvalue weighted by Crippen LogP contribution is 2.30. The molecule has 3 saturated heterocycles. The lowest BCUT2D eigenvalue weighted by atomic mass is 9.84. The van der Waals surface area contributed by atoms with Gasteiger partial charge in [-0.3, -0.25) is 24.5 Å². The number of aliphatic hydroxyl groups excluding tert-OH is 12. The number of hydrogen-bond donors (Lipinski definition) is 15. The Morgan fingerprint density at radius 3 is 0.984 bits per heavy atom. The Morgan fingerprint density at radius 2 is 0.754 bits per heavy atom. The Bertz CT molecular complexity index is 1220. The highest BCUT2D eigenvalue weighted by molar-refractivity contribution is 5.77. The highest BCUT2D eigenvalue weighted by atomic mass is 16.7. The maximum atomic E-state index is 12.8. The van der Waals surface area contributed by atoms with Gasteiger partial charge >= 0.3 is 0 Å². The minimum atomic E-state index is -2.02. The summed E-state index contributed by atoms with van der Waals surface area (Å²) in [6.07, 6.45) is -25.9. The minimum absolute atomic E-state index is 0.208. The molecule has 0 aromatic carbocycles. The predicted octanol–water partition coefficient (Wildman–Crippen LogP) is -8.86. The zero-order valence-electron chi connectivity index (χ0n) is 33.1. The first-order chi connectivity index (χ1) is 28.9. The molecule has 3 fully saturated rings. The normalized spacial score (nSPS) is 34.4. The lowest BCUT2D eigenvalue weighted by Crippen LogP contribution is -2.59. The van der Waals surface area contributed by atoms with Crippen molar-refractivity contribution in [2.24, 2.45) is 0 Å². The molecule has 0 unspecified atom stereocenters. The molecule has 3 rings (SSSR count). The van der Waals surface area contributed by atoms with Crippen LogP contribution in [0.1, 0.15) is 38.5 Å². The zero-order chi connectivity index (χ0) is 45.4. The number of hydrogen-bond acceptors (Lipinski definition) is 23. The fraction of sp³-hybridized carbons (Fsp3) is 0.912. The Hall–Kier alpha value is -2.91. The largest absolute Gasteiger partial charge is 0.394 e. The van der Waals surface area contributed by atoms with Gasteiger partial charge in [0.15, 0.2) is 18.9 Å². The third kappa shape index (κ3) is 14.8. The van der Waals surface area contributed by atoms with Crippen LogP contribution in [0.3, 0.4) is 0 Å². The fourth-order valence-electron chi connectivity index (χ4n) is 6.66. The van der Waals surface area contributed by atoms with Crippen LogP contribution in [0.4, 0.5) is 0 Å². The molecule has 61 heavy (non-hydrogen) atoms. The zero-order valence-corrected chi connectivity index (χ0v) is 33.1. The number of nitrogens with one attached hydrogen (secondary N) is 3. The van der Waals surface area contributed by atoms with Gasteiger partial charge in [0.25, 0.3) is 0 Å². The van der Waals surface area contributed by atoms with Crippen LogP contribution in [0.15, 0.2) is 0 Å². The van der Waals surface area contributed by atoms with Gasteiger partial charge in [0.2, 0.25) is 23.3 Å². The molecule has 27 heteroatoms. The molecule has 0 radical (unpaired) electrons. The number of aliphatic hydroxyl groups is 12. The van der Waals surface area contributed by atoms with E-state index in [0.29, 0.717) is 0 Å². The van der Waals surface area contributed by atoms with E-state index >= 15 is 0 Å². The topological polar surface area (TPSA) is 429 Å². The lowest BCUT2D eigenvalue weighted by Gasteiger charge is -2.39. The maximum absolute atomic E-state index is 12.8. The molecule has 0 aromatic heterocycles. The molecule has 15 atom stereocenters. The van der Waals surface area contributed by atoms with Crippen molar-refractivity contribution in [3.63, 3.8) is 0 Å². The molecule has 0 saturated carbocycles. The summed E-state index contributed by atoms with van der Waals surface area (Å²) >= 11 is 0. The number of rotatable bonds is 25. The molecule has 0 spiro atoms. The summed E-state index contributed by atoms with van der Waals surface area (Å²) in [5, 5.41) is 138. The summed E-state index contributed by atoms with van der Waals surface area (Å²) in [4.78, 5) is 50.3. The van der Waals surface area contributed by atoms with Crippen LogP contribution in [0.5, 0.6) is 0 Å². The number of nitrogens with zero attached hydrogens (tertiary/aromatic N) is 1. The molecule has 3 heterocycles. The number of carbonyl (C=O) groups is 3. The van der Waals surface area contributed by atoms with E-state index in [4.69, 9.17) is 28.4 Å². The second-order valence-corrected chi connectivity index (χ2v) is 14.7. The molecule has 0 aromatic rings. The van der Waals surface area contributed by atoms with Crippen molar-refractivity contribution in [2.75, 3.05) is 59.3 Å². The van der Waals surface area contributed by atoms with Crippen LogP contribution in [0, 0.1) is 10.1 Å². The number of ether oxygens (including phenoxy) is 6. The van der Waals surface area contributed by atoms with Crippen LogP contribution in [0.25, 0.3) is 0 Å². The Kier molecular flexibility index (Phi) is 21.8. The van der Waals surface area contributed by atoms with Gasteiger partial charge < -0.3 is 106 Å². The standard InChI is InChI=1S/C34H60N4O23/c39-13-16-22(45)25(48)28(51)31(59-16)56-10-7-35-19(42)1-4-34(38(54)55,5-2-20(43)36-8-11-57-32-29(52)26(49)23(46)17(14-40)60-32)6-3-21(44)37-9-12-58-33-30(53)27(50)24(47)18(15-41)61-33/h16-18,22-33,39-41,45-53H,1-15H2,(H,35,42)(H,36,43)(H,37,44)/t16-,17-,18-,22-,23-,24-,25+,26+,27+,28+,29+,30+,31+,32+,33+/m1/s1. The van der Waals surface area contributed by atoms with Crippen molar-refractivity contribution >= 4 is 17.7 Å². The van der Waals surface area contributed by atoms with Gasteiger partial charge in [0.1, 0.15) is 73.2 Å². The molecule has 3 aliphatic heterocycles. The molecular weight excluding hydrogens is 832 g/mol. The van der Waals surface area contributed by atoms with Gasteiger partial charge in [-0.05, 0) is 0 Å². The van der Waals surface area contributed by atoms with E-state index in [1.165, 1.54) is 0 Å². The molecule has 3 aliphatic rings. The highest BCUT2D eigenvalue weighted by Gasteiger charge is 2.47. The van der Waals surface area contributed by atoms with Crippen molar-refractivity contribution in [1.29, 1.82) is 0 Å². The minimum Gasteiger partial charge on any atom is -0.394 e. The second kappa shape index (κ2) is 25.4. The maximum Gasteiger partial charge on any atom is 0.223 e. The average molecular weight is 893 g/mol. The Balaban J connectivity index is 1.54. The first-order valence-electron chi connectivity index (χ1n) is 19.6. The third-order valence-electron chi connectivity index (χ3n) is 10.5. The second-order valence-electron chi connectivity index (χ2n) is 14.7. The first-order valence-corrected chi connectivity index (χ1v) is 19.6. The predicted molar refractivity (Wildman–Crippen MR) is 196 cm³/mol. The first kappa shape index (κ1) is 52.4. The van der Waals surface area contributed by atoms with E-state index < -0.39 is 179 Å². The Labute approximate surface area is 348 Å². The van der Waals surface area contributed by atoms with Crippen molar-refractivity contribution < 1.29 is 109 Å². The van der Waals surface area contributed by atoms with Gasteiger partial charge in [-0.2, -0.15) is 0 Å². The van der Waals surface area contributed by atoms with Crippen LogP contribution >= 0.6 is 0 Å². The summed E-state index contributed by atoms with van der Waals surface area (Å²) < 4.78 is 31.6. The quantitative estimate of drug-likeness (QED) is 0.0230. The number of carbonyl (C=O) groups excluding carboxylic acids is 3. The summed E-state index contributed by atoms with van der Waals surface area (Å²) in [6.45, 7) is -3.59. The molecule has 3 amide bonds. The van der Waals surface area contributed by atoms with E-state index in [9.17, 15) is 85.8 Å². The summed E-state index contributed by atoms with van der Waals surface area (Å²) in [7, 11) is 0. The van der Waals surface area contributed by atoms with E-state index in [0.717, 1.165) is 0 Å². The van der Waals surface area contributed by atoms with E-state index in [-0.39, 0.29) is 39.5 Å². The van der Waals surface area contributed by atoms with Crippen molar-refractivity contribution in [2.45, 2.75) is 136 Å². The van der Waals surface area contributed by atoms with Crippen LogP contribution in [0.2, 0.25) is 0 Å². The molecule has 15 N–H and O–H groups in total. The van der Waals surface area contributed by atoms with Crippen molar-refractivity contribution in [1.82, 2.24) is 16.0 Å². The summed E-state index contributed by atoms with van der Waals surface area (Å²) in [5.41, 5.74) is -2.02. The molecule has 0 aliphatic carbocycles. The van der Waals surface area contributed by atoms with Crippen LogP contribution < -0.4 is 16.0 Å². The summed E-state index contributed by atoms with van der Waals surface area (Å²) in [5.74, 6) is -2.10. The monoisotopic (exact) mass is 892 g/mol. The molecule has 354 valence electrons. The van der Waals surface area contributed by atoms with E-state index in [1.807, 2.05) is 0 Å². The van der Waals surface area contributed by atoms with E-state index in [1.54, 1.807) is 0 Å². The summed E-state index contributed by atoms with van der Waals surface area (Å²) in [6, 6.07) is 0. The number of amides is 3. The van der Waals surface area contributed by atoms with Gasteiger partial charge in [-0.1, -0.05) is 0 Å². The molecule has 27 nitrogen and oxygen atoms in total. The third-order valence-corrected chi connectivity index (χ3v) is 10.5. The number of nitro groups is 1. The molecule has 0 bridgehead atoms. The SMILES string of the molecule is O=C(CCC(CCC(=O)NCCO[C@H]1O[C@H](CO)[C@@H](O)[C@H](O)[C@@H]1O)(CCC(=O)NCCO[C@H]1O[C@H](CO)[C@@H](O)[C@H](O)[C@@H]1O)[N+](=O)[O-])NCCO[C@H]1O[C@H](CO)[C@@H](O)[C@H](O)[C@@H]1O. The van der Waals surface area contributed by atoms with Crippen molar-refractivity contribution in [3.8, 4) is 0 Å². The fourth-order valence-corrected chi connectivity index (χ4v) is 6.66. The van der Waals surface area contributed by atoms with Gasteiger partial charge in [-0.25, -0.2) is 0 Å². The lowest BCUT2D eigenvalue weighted by molar-refractivity contribution is -0.573. The average Bonchev–Trinajstić information content (AvgIpc) is 3.24. The smallest absolute Gasteiger partial charge is 0.223 e. The van der Waals surface area contributed by atoms with Gasteiger partial charge in [0, 0.05) is 63.1 Å². The van der Waals surface area contributed by atoms with Gasteiger partial charge in [-0.15, -0.1) is 0 Å². The molecular formula is C34H60N4O23. The Morgan fingerprint density at radius 1 is 0.492 bits per heavy atom. The van der Waals surface area contributed by atoms with Crippen LogP contribution in [-0.4, -0.2) is 241 Å².